The molecule has 5 nitrogen and oxygen atoms in total. The third kappa shape index (κ3) is 5.30. The van der Waals surface area contributed by atoms with E-state index in [9.17, 15) is 9.59 Å². The number of ether oxygens (including phenoxy) is 2. The number of amides is 1. The maximum atomic E-state index is 12.0. The zero-order chi connectivity index (χ0) is 15.9. The van der Waals surface area contributed by atoms with E-state index in [0.29, 0.717) is 18.0 Å². The summed E-state index contributed by atoms with van der Waals surface area (Å²) in [5.41, 5.74) is 0.611. The van der Waals surface area contributed by atoms with E-state index in [4.69, 9.17) is 9.47 Å². The van der Waals surface area contributed by atoms with E-state index >= 15 is 0 Å². The predicted octanol–water partition coefficient (Wildman–Crippen LogP) is 2.71. The fraction of sp³-hybridized carbons (Fsp3) is 0.467. The fourth-order valence-corrected chi connectivity index (χ4v) is 2.28. The molecule has 1 aromatic rings. The largest absolute Gasteiger partial charge is 0.495 e. The normalized spacial score (nSPS) is 10.9. The molecule has 0 spiro atoms. The minimum Gasteiger partial charge on any atom is -0.495 e. The molecule has 0 radical (unpaired) electrons. The van der Waals surface area contributed by atoms with Gasteiger partial charge in [-0.25, -0.2) is 0 Å². The van der Waals surface area contributed by atoms with Gasteiger partial charge in [0.15, 0.2) is 0 Å². The molecule has 21 heavy (non-hydrogen) atoms. The molecule has 0 unspecified atom stereocenters. The first-order valence-electron chi connectivity index (χ1n) is 6.64. The van der Waals surface area contributed by atoms with Crippen LogP contribution in [0.25, 0.3) is 0 Å². The Morgan fingerprint density at radius 3 is 2.57 bits per heavy atom. The Bertz CT molecular complexity index is 502. The average molecular weight is 311 g/mol. The maximum absolute atomic E-state index is 12.0. The average Bonchev–Trinajstić information content (AvgIpc) is 2.46. The number of nitrogens with one attached hydrogen (secondary N) is 1. The molecule has 1 aromatic carbocycles. The third-order valence-corrected chi connectivity index (χ3v) is 4.01. The van der Waals surface area contributed by atoms with Crippen molar-refractivity contribution < 1.29 is 19.1 Å². The highest BCUT2D eigenvalue weighted by Gasteiger charge is 2.30. The minimum atomic E-state index is -0.756. The summed E-state index contributed by atoms with van der Waals surface area (Å²) in [7, 11) is 1.55. The monoisotopic (exact) mass is 311 g/mol. The Morgan fingerprint density at radius 2 is 1.95 bits per heavy atom. The summed E-state index contributed by atoms with van der Waals surface area (Å²) in [6.45, 7) is 5.57. The standard InChI is InChI=1S/C15H21NO4S/c1-5-20-14(18)15(2,3)21-10-13(17)16-11-8-6-7-9-12(11)19-4/h6-9H,5,10H2,1-4H3,(H,16,17). The topological polar surface area (TPSA) is 64.6 Å². The number of rotatable bonds is 7. The van der Waals surface area contributed by atoms with E-state index in [2.05, 4.69) is 5.32 Å². The van der Waals surface area contributed by atoms with Crippen LogP contribution in [0.2, 0.25) is 0 Å². The molecule has 1 amide bonds. The van der Waals surface area contributed by atoms with Gasteiger partial charge < -0.3 is 14.8 Å². The van der Waals surface area contributed by atoms with Gasteiger partial charge in [-0.2, -0.15) is 0 Å². The van der Waals surface area contributed by atoms with E-state index < -0.39 is 4.75 Å². The summed E-state index contributed by atoms with van der Waals surface area (Å²) >= 11 is 1.24. The Hall–Kier alpha value is -1.69. The first kappa shape index (κ1) is 17.4. The first-order valence-corrected chi connectivity index (χ1v) is 7.63. The van der Waals surface area contributed by atoms with Crippen LogP contribution in [-0.2, 0) is 14.3 Å². The minimum absolute atomic E-state index is 0.157. The molecule has 0 saturated heterocycles. The van der Waals surface area contributed by atoms with Gasteiger partial charge in [-0.3, -0.25) is 9.59 Å². The van der Waals surface area contributed by atoms with Crippen molar-refractivity contribution in [2.24, 2.45) is 0 Å². The first-order chi connectivity index (χ1) is 9.90. The highest BCUT2D eigenvalue weighted by atomic mass is 32.2. The summed E-state index contributed by atoms with van der Waals surface area (Å²) in [6.07, 6.45) is 0. The van der Waals surface area contributed by atoms with Crippen LogP contribution in [0.3, 0.4) is 0 Å². The SMILES string of the molecule is CCOC(=O)C(C)(C)SCC(=O)Nc1ccccc1OC. The van der Waals surface area contributed by atoms with Crippen LogP contribution in [0.1, 0.15) is 20.8 Å². The Labute approximate surface area is 129 Å². The lowest BCUT2D eigenvalue weighted by atomic mass is 10.2. The molecule has 1 rings (SSSR count). The van der Waals surface area contributed by atoms with Crippen molar-refractivity contribution in [1.82, 2.24) is 0 Å². The molecule has 0 aliphatic carbocycles. The van der Waals surface area contributed by atoms with Gasteiger partial charge in [0.05, 0.1) is 25.2 Å². The lowest BCUT2D eigenvalue weighted by molar-refractivity contribution is -0.145. The molecule has 1 N–H and O–H groups in total. The molecule has 0 aliphatic rings. The second-order valence-corrected chi connectivity index (χ2v) is 6.37. The molecule has 0 aliphatic heterocycles. The summed E-state index contributed by atoms with van der Waals surface area (Å²) in [6, 6.07) is 7.17. The molecular weight excluding hydrogens is 290 g/mol. The van der Waals surface area contributed by atoms with Crippen LogP contribution in [0, 0.1) is 0 Å². The summed E-state index contributed by atoms with van der Waals surface area (Å²) < 4.78 is 9.39. The van der Waals surface area contributed by atoms with Gasteiger partial charge in [-0.15, -0.1) is 11.8 Å². The number of hydrogen-bond donors (Lipinski definition) is 1. The Balaban J connectivity index is 2.56. The Kier molecular flexibility index (Phi) is 6.55. The van der Waals surface area contributed by atoms with E-state index in [1.807, 2.05) is 12.1 Å². The highest BCUT2D eigenvalue weighted by molar-refractivity contribution is 8.02. The van der Waals surface area contributed by atoms with Crippen molar-refractivity contribution in [3.8, 4) is 5.75 Å². The van der Waals surface area contributed by atoms with Crippen LogP contribution in [-0.4, -0.2) is 36.1 Å². The van der Waals surface area contributed by atoms with Gasteiger partial charge in [0, 0.05) is 0 Å². The summed E-state index contributed by atoms with van der Waals surface area (Å²) in [5.74, 6) is 0.242. The fourth-order valence-electron chi connectivity index (χ4n) is 1.54. The number of methoxy groups -OCH3 is 1. The van der Waals surface area contributed by atoms with Crippen LogP contribution >= 0.6 is 11.8 Å². The molecule has 0 bridgehead atoms. The van der Waals surface area contributed by atoms with Gasteiger partial charge in [0.2, 0.25) is 5.91 Å². The number of para-hydroxylation sites is 2. The van der Waals surface area contributed by atoms with Crippen LogP contribution < -0.4 is 10.1 Å². The zero-order valence-electron chi connectivity index (χ0n) is 12.8. The van der Waals surface area contributed by atoms with E-state index in [1.165, 1.54) is 11.8 Å². The maximum Gasteiger partial charge on any atom is 0.321 e. The Morgan fingerprint density at radius 1 is 1.29 bits per heavy atom. The van der Waals surface area contributed by atoms with Gasteiger partial charge in [0.25, 0.3) is 0 Å². The molecule has 6 heteroatoms. The molecule has 0 aromatic heterocycles. The van der Waals surface area contributed by atoms with Crippen molar-refractivity contribution in [2.75, 3.05) is 24.8 Å². The summed E-state index contributed by atoms with van der Waals surface area (Å²) in [4.78, 5) is 23.7. The van der Waals surface area contributed by atoms with Crippen LogP contribution in [0.5, 0.6) is 5.75 Å². The van der Waals surface area contributed by atoms with Crippen molar-refractivity contribution >= 4 is 29.3 Å². The van der Waals surface area contributed by atoms with Crippen molar-refractivity contribution in [2.45, 2.75) is 25.5 Å². The van der Waals surface area contributed by atoms with Gasteiger partial charge in [0.1, 0.15) is 10.5 Å². The van der Waals surface area contributed by atoms with Gasteiger partial charge >= 0.3 is 5.97 Å². The van der Waals surface area contributed by atoms with Gasteiger partial charge in [-0.05, 0) is 32.9 Å². The smallest absolute Gasteiger partial charge is 0.321 e. The van der Waals surface area contributed by atoms with Gasteiger partial charge in [-0.1, -0.05) is 12.1 Å². The second-order valence-electron chi connectivity index (χ2n) is 4.77. The number of anilines is 1. The number of hydrogen-bond acceptors (Lipinski definition) is 5. The van der Waals surface area contributed by atoms with E-state index in [-0.39, 0.29) is 17.6 Å². The molecule has 0 fully saturated rings. The van der Waals surface area contributed by atoms with Crippen molar-refractivity contribution in [3.05, 3.63) is 24.3 Å². The summed E-state index contributed by atoms with van der Waals surface area (Å²) in [5, 5.41) is 2.77. The van der Waals surface area contributed by atoms with Crippen molar-refractivity contribution in [1.29, 1.82) is 0 Å². The number of carbonyl (C=O) groups excluding carboxylic acids is 2. The lowest BCUT2D eigenvalue weighted by Crippen LogP contribution is -2.32. The predicted molar refractivity (Wildman–Crippen MR) is 84.8 cm³/mol. The molecular formula is C15H21NO4S. The van der Waals surface area contributed by atoms with Crippen molar-refractivity contribution in [3.63, 3.8) is 0 Å². The number of benzene rings is 1. The molecule has 0 saturated carbocycles. The van der Waals surface area contributed by atoms with E-state index in [0.717, 1.165) is 0 Å². The third-order valence-electron chi connectivity index (χ3n) is 2.71. The van der Waals surface area contributed by atoms with Crippen LogP contribution in [0.15, 0.2) is 24.3 Å². The van der Waals surface area contributed by atoms with Crippen LogP contribution in [0.4, 0.5) is 5.69 Å². The number of carbonyl (C=O) groups is 2. The number of thioether (sulfide) groups is 1. The highest BCUT2D eigenvalue weighted by Crippen LogP contribution is 2.27. The lowest BCUT2D eigenvalue weighted by Gasteiger charge is -2.21. The second kappa shape index (κ2) is 7.93. The molecule has 0 heterocycles. The quantitative estimate of drug-likeness (QED) is 0.784. The van der Waals surface area contributed by atoms with E-state index in [1.54, 1.807) is 40.0 Å². The molecule has 116 valence electrons. The number of esters is 1. The zero-order valence-corrected chi connectivity index (χ0v) is 13.6. The molecule has 0 atom stereocenters.